The van der Waals surface area contributed by atoms with E-state index in [0.717, 1.165) is 18.5 Å². The predicted molar refractivity (Wildman–Crippen MR) is 76.4 cm³/mol. The van der Waals surface area contributed by atoms with Gasteiger partial charge in [-0.05, 0) is 36.1 Å². The number of nitro groups is 1. The summed E-state index contributed by atoms with van der Waals surface area (Å²) in [7, 11) is 0. The summed E-state index contributed by atoms with van der Waals surface area (Å²) in [5.41, 5.74) is 8.99. The molecule has 6 nitrogen and oxygen atoms in total. The van der Waals surface area contributed by atoms with Crippen LogP contribution in [0.2, 0.25) is 0 Å². The van der Waals surface area contributed by atoms with Crippen molar-refractivity contribution in [3.63, 3.8) is 0 Å². The Bertz CT molecular complexity index is 672. The first-order valence-corrected chi connectivity index (χ1v) is 6.39. The molecule has 0 saturated carbocycles. The molecule has 0 spiro atoms. The van der Waals surface area contributed by atoms with Gasteiger partial charge in [-0.25, -0.2) is 4.98 Å². The van der Waals surface area contributed by atoms with Gasteiger partial charge in [-0.15, -0.1) is 0 Å². The van der Waals surface area contributed by atoms with Crippen molar-refractivity contribution in [1.29, 1.82) is 0 Å². The third-order valence-electron chi connectivity index (χ3n) is 3.52. The van der Waals surface area contributed by atoms with Crippen molar-refractivity contribution in [2.45, 2.75) is 18.9 Å². The van der Waals surface area contributed by atoms with Gasteiger partial charge >= 0.3 is 0 Å². The molecule has 1 aromatic heterocycles. The first-order chi connectivity index (χ1) is 9.63. The summed E-state index contributed by atoms with van der Waals surface area (Å²) in [5.74, 6) is 0.522. The fourth-order valence-corrected chi connectivity index (χ4v) is 2.58. The summed E-state index contributed by atoms with van der Waals surface area (Å²) in [6.45, 7) is 0. The SMILES string of the molecule is Nc1ccc2c(c1)CCC2Nc1cc([N+](=O)[O-])ccn1. The number of nitrogen functional groups attached to an aromatic ring is 1. The summed E-state index contributed by atoms with van der Waals surface area (Å²) in [6.07, 6.45) is 3.33. The van der Waals surface area contributed by atoms with Gasteiger partial charge < -0.3 is 11.1 Å². The van der Waals surface area contributed by atoms with E-state index < -0.39 is 4.92 Å². The zero-order chi connectivity index (χ0) is 14.1. The molecule has 3 rings (SSSR count). The van der Waals surface area contributed by atoms with Crippen LogP contribution in [0, 0.1) is 10.1 Å². The van der Waals surface area contributed by atoms with Crippen molar-refractivity contribution in [3.8, 4) is 0 Å². The summed E-state index contributed by atoms with van der Waals surface area (Å²) in [5, 5.41) is 14.0. The standard InChI is InChI=1S/C14H14N4O2/c15-10-2-3-12-9(7-10)1-4-13(12)17-14-8-11(18(19)20)5-6-16-14/h2-3,5-8,13H,1,4,15H2,(H,16,17). The number of fused-ring (bicyclic) bond motifs is 1. The van der Waals surface area contributed by atoms with Crippen molar-refractivity contribution in [2.24, 2.45) is 0 Å². The Labute approximate surface area is 115 Å². The van der Waals surface area contributed by atoms with Gasteiger partial charge in [0.2, 0.25) is 0 Å². The number of hydrogen-bond acceptors (Lipinski definition) is 5. The van der Waals surface area contributed by atoms with E-state index in [1.54, 1.807) is 0 Å². The van der Waals surface area contributed by atoms with Gasteiger partial charge in [0.05, 0.1) is 17.0 Å². The lowest BCUT2D eigenvalue weighted by atomic mass is 10.1. The lowest BCUT2D eigenvalue weighted by molar-refractivity contribution is -0.384. The molecule has 0 fully saturated rings. The maximum absolute atomic E-state index is 10.8. The summed E-state index contributed by atoms with van der Waals surface area (Å²) >= 11 is 0. The molecule has 2 aromatic rings. The minimum atomic E-state index is -0.420. The summed E-state index contributed by atoms with van der Waals surface area (Å²) in [4.78, 5) is 14.5. The summed E-state index contributed by atoms with van der Waals surface area (Å²) < 4.78 is 0. The average molecular weight is 270 g/mol. The van der Waals surface area contributed by atoms with Gasteiger partial charge in [-0.1, -0.05) is 6.07 Å². The average Bonchev–Trinajstić information content (AvgIpc) is 2.81. The maximum atomic E-state index is 10.8. The smallest absolute Gasteiger partial charge is 0.274 e. The number of pyridine rings is 1. The van der Waals surface area contributed by atoms with Crippen LogP contribution in [0.4, 0.5) is 17.2 Å². The van der Waals surface area contributed by atoms with Crippen molar-refractivity contribution >= 4 is 17.2 Å². The van der Waals surface area contributed by atoms with Crippen LogP contribution in [0.15, 0.2) is 36.5 Å². The highest BCUT2D eigenvalue weighted by Gasteiger charge is 2.23. The van der Waals surface area contributed by atoms with Crippen LogP contribution < -0.4 is 11.1 Å². The molecule has 1 aliphatic rings. The van der Waals surface area contributed by atoms with Crippen molar-refractivity contribution in [2.75, 3.05) is 11.1 Å². The number of aryl methyl sites for hydroxylation is 1. The number of nitrogens with zero attached hydrogens (tertiary/aromatic N) is 2. The first kappa shape index (κ1) is 12.4. The first-order valence-electron chi connectivity index (χ1n) is 6.39. The van der Waals surface area contributed by atoms with Crippen LogP contribution in [0.3, 0.4) is 0 Å². The lowest BCUT2D eigenvalue weighted by Gasteiger charge is -2.14. The normalized spacial score (nSPS) is 16.7. The second kappa shape index (κ2) is 4.80. The van der Waals surface area contributed by atoms with Gasteiger partial charge in [0.25, 0.3) is 5.69 Å². The van der Waals surface area contributed by atoms with Crippen LogP contribution in [0.5, 0.6) is 0 Å². The zero-order valence-electron chi connectivity index (χ0n) is 10.7. The zero-order valence-corrected chi connectivity index (χ0v) is 10.7. The molecule has 102 valence electrons. The largest absolute Gasteiger partial charge is 0.399 e. The fourth-order valence-electron chi connectivity index (χ4n) is 2.58. The Kier molecular flexibility index (Phi) is 2.98. The van der Waals surface area contributed by atoms with Gasteiger partial charge in [0.15, 0.2) is 0 Å². The van der Waals surface area contributed by atoms with Crippen molar-refractivity contribution < 1.29 is 4.92 Å². The molecular weight excluding hydrogens is 256 g/mol. The molecule has 1 unspecified atom stereocenters. The van der Waals surface area contributed by atoms with Gasteiger partial charge in [0, 0.05) is 18.0 Å². The number of nitrogens with one attached hydrogen (secondary N) is 1. The Morgan fingerprint density at radius 3 is 3.00 bits per heavy atom. The monoisotopic (exact) mass is 270 g/mol. The van der Waals surface area contributed by atoms with E-state index in [2.05, 4.69) is 10.3 Å². The molecule has 20 heavy (non-hydrogen) atoms. The minimum absolute atomic E-state index is 0.0398. The number of benzene rings is 1. The Morgan fingerprint density at radius 2 is 2.20 bits per heavy atom. The van der Waals surface area contributed by atoms with Gasteiger partial charge in [0.1, 0.15) is 5.82 Å². The highest BCUT2D eigenvalue weighted by atomic mass is 16.6. The van der Waals surface area contributed by atoms with E-state index >= 15 is 0 Å². The quantitative estimate of drug-likeness (QED) is 0.508. The van der Waals surface area contributed by atoms with E-state index in [4.69, 9.17) is 5.73 Å². The molecule has 1 aromatic carbocycles. The predicted octanol–water partition coefficient (Wildman–Crippen LogP) is 2.67. The van der Waals surface area contributed by atoms with Crippen LogP contribution in [-0.4, -0.2) is 9.91 Å². The van der Waals surface area contributed by atoms with Crippen LogP contribution in [-0.2, 0) is 6.42 Å². The third-order valence-corrected chi connectivity index (χ3v) is 3.52. The van der Waals surface area contributed by atoms with E-state index in [1.807, 2.05) is 18.2 Å². The van der Waals surface area contributed by atoms with E-state index in [1.165, 1.54) is 29.5 Å². The number of aromatic nitrogens is 1. The molecule has 1 heterocycles. The van der Waals surface area contributed by atoms with Gasteiger partial charge in [-0.3, -0.25) is 10.1 Å². The van der Waals surface area contributed by atoms with E-state index in [-0.39, 0.29) is 11.7 Å². The highest BCUT2D eigenvalue weighted by molar-refractivity contribution is 5.52. The number of hydrogen-bond donors (Lipinski definition) is 2. The van der Waals surface area contributed by atoms with E-state index in [0.29, 0.717) is 5.82 Å². The molecular formula is C14H14N4O2. The number of anilines is 2. The lowest BCUT2D eigenvalue weighted by Crippen LogP contribution is -2.08. The van der Waals surface area contributed by atoms with Crippen LogP contribution in [0.1, 0.15) is 23.6 Å². The second-order valence-corrected chi connectivity index (χ2v) is 4.85. The molecule has 1 atom stereocenters. The molecule has 1 aliphatic carbocycles. The summed E-state index contributed by atoms with van der Waals surface area (Å²) in [6, 6.07) is 8.83. The molecule has 0 bridgehead atoms. The molecule has 0 saturated heterocycles. The minimum Gasteiger partial charge on any atom is -0.399 e. The fraction of sp³-hybridized carbons (Fsp3) is 0.214. The van der Waals surface area contributed by atoms with Crippen LogP contribution in [0.25, 0.3) is 0 Å². The Hall–Kier alpha value is -2.63. The number of nitrogens with two attached hydrogens (primary N) is 1. The third kappa shape index (κ3) is 2.27. The maximum Gasteiger partial charge on any atom is 0.274 e. The molecule has 3 N–H and O–H groups in total. The highest BCUT2D eigenvalue weighted by Crippen LogP contribution is 2.34. The Morgan fingerprint density at radius 1 is 1.35 bits per heavy atom. The molecule has 6 heteroatoms. The van der Waals surface area contributed by atoms with Crippen LogP contribution >= 0.6 is 0 Å². The topological polar surface area (TPSA) is 94.1 Å². The van der Waals surface area contributed by atoms with E-state index in [9.17, 15) is 10.1 Å². The Balaban J connectivity index is 1.84. The van der Waals surface area contributed by atoms with Crippen molar-refractivity contribution in [1.82, 2.24) is 4.98 Å². The molecule has 0 aliphatic heterocycles. The second-order valence-electron chi connectivity index (χ2n) is 4.85. The molecule has 0 amide bonds. The number of rotatable bonds is 3. The van der Waals surface area contributed by atoms with Crippen molar-refractivity contribution in [3.05, 3.63) is 57.8 Å². The van der Waals surface area contributed by atoms with Gasteiger partial charge in [-0.2, -0.15) is 0 Å². The molecule has 0 radical (unpaired) electrons.